The molecule has 4 nitrogen and oxygen atoms in total. The van der Waals surface area contributed by atoms with E-state index in [1.54, 1.807) is 32.4 Å². The van der Waals surface area contributed by atoms with Crippen LogP contribution in [0.15, 0.2) is 18.2 Å². The van der Waals surface area contributed by atoms with E-state index in [1.165, 1.54) is 0 Å². The Balaban J connectivity index is 2.81. The third-order valence-electron chi connectivity index (χ3n) is 2.47. The molecule has 0 bridgehead atoms. The lowest BCUT2D eigenvalue weighted by molar-refractivity contribution is 0.415. The highest BCUT2D eigenvalue weighted by atomic mass is 35.5. The number of hydrogen-bond donors (Lipinski definition) is 1. The van der Waals surface area contributed by atoms with Crippen LogP contribution in [0.25, 0.3) is 10.9 Å². The summed E-state index contributed by atoms with van der Waals surface area (Å²) in [4.78, 5) is 4.20. The smallest absolute Gasteiger partial charge is 0.143 e. The number of halogens is 1. The average Bonchev–Trinajstić information content (AvgIpc) is 2.36. The molecule has 1 aromatic heterocycles. The van der Waals surface area contributed by atoms with Crippen LogP contribution in [-0.4, -0.2) is 19.1 Å². The molecule has 1 aromatic carbocycles. The molecular weight excluding hydrogens is 238 g/mol. The van der Waals surface area contributed by atoms with Gasteiger partial charge in [0.15, 0.2) is 0 Å². The van der Waals surface area contributed by atoms with Crippen LogP contribution >= 0.6 is 11.6 Å². The maximum Gasteiger partial charge on any atom is 0.143 e. The highest BCUT2D eigenvalue weighted by Gasteiger charge is 2.09. The van der Waals surface area contributed by atoms with E-state index in [9.17, 15) is 0 Å². The molecule has 0 saturated heterocycles. The number of benzene rings is 1. The molecule has 0 fully saturated rings. The Morgan fingerprint density at radius 2 is 2.18 bits per heavy atom. The Bertz CT molecular complexity index is 619. The first-order chi connectivity index (χ1) is 8.19. The number of anilines is 1. The van der Waals surface area contributed by atoms with Crippen molar-refractivity contribution < 1.29 is 4.74 Å². The van der Waals surface area contributed by atoms with Crippen LogP contribution in [0, 0.1) is 11.3 Å². The van der Waals surface area contributed by atoms with E-state index in [2.05, 4.69) is 10.3 Å². The number of hydrogen-bond acceptors (Lipinski definition) is 4. The number of nitrogens with one attached hydrogen (secondary N) is 1. The van der Waals surface area contributed by atoms with Crippen molar-refractivity contribution in [3.8, 4) is 11.8 Å². The van der Waals surface area contributed by atoms with Gasteiger partial charge in [-0.05, 0) is 18.2 Å². The number of aromatic nitrogens is 1. The molecule has 2 aromatic rings. The van der Waals surface area contributed by atoms with Gasteiger partial charge in [0.05, 0.1) is 17.6 Å². The van der Waals surface area contributed by atoms with E-state index in [-0.39, 0.29) is 0 Å². The van der Waals surface area contributed by atoms with Gasteiger partial charge < -0.3 is 10.1 Å². The minimum atomic E-state index is 0.350. The fourth-order valence-corrected chi connectivity index (χ4v) is 1.88. The number of rotatable bonds is 2. The number of nitrogens with zero attached hydrogens (tertiary/aromatic N) is 2. The fraction of sp³-hybridized carbons (Fsp3) is 0.167. The lowest BCUT2D eigenvalue weighted by Gasteiger charge is -2.09. The van der Waals surface area contributed by atoms with Gasteiger partial charge in [-0.3, -0.25) is 0 Å². The zero-order chi connectivity index (χ0) is 12.4. The molecule has 5 heteroatoms. The molecule has 0 saturated carbocycles. The summed E-state index contributed by atoms with van der Waals surface area (Å²) in [5.41, 5.74) is 1.84. The quantitative estimate of drug-likeness (QED) is 0.887. The monoisotopic (exact) mass is 247 g/mol. The van der Waals surface area contributed by atoms with Gasteiger partial charge in [-0.1, -0.05) is 11.6 Å². The van der Waals surface area contributed by atoms with Crippen LogP contribution in [0.5, 0.6) is 5.75 Å². The van der Waals surface area contributed by atoms with Crippen LogP contribution in [0.1, 0.15) is 5.69 Å². The van der Waals surface area contributed by atoms with Crippen molar-refractivity contribution in [3.63, 3.8) is 0 Å². The predicted octanol–water partition coefficient (Wildman–Crippen LogP) is 2.81. The standard InChI is InChI=1S/C12H10ClN3O/c1-15-10-3-7(6-14)16-11-5-9(13)12(17-2)4-8(10)11/h3-5H,1-2H3,(H,15,16). The van der Waals surface area contributed by atoms with Gasteiger partial charge >= 0.3 is 0 Å². The molecule has 0 amide bonds. The second-order valence-corrected chi connectivity index (χ2v) is 3.83. The van der Waals surface area contributed by atoms with E-state index in [0.29, 0.717) is 22.0 Å². The summed E-state index contributed by atoms with van der Waals surface area (Å²) < 4.78 is 5.16. The van der Waals surface area contributed by atoms with Gasteiger partial charge in [0, 0.05) is 18.1 Å². The van der Waals surface area contributed by atoms with Crippen LogP contribution in [-0.2, 0) is 0 Å². The van der Waals surface area contributed by atoms with E-state index in [0.717, 1.165) is 11.1 Å². The average molecular weight is 248 g/mol. The Morgan fingerprint density at radius 3 is 2.76 bits per heavy atom. The van der Waals surface area contributed by atoms with Crippen molar-refractivity contribution in [2.24, 2.45) is 0 Å². The molecule has 0 spiro atoms. The van der Waals surface area contributed by atoms with Crippen molar-refractivity contribution in [2.75, 3.05) is 19.5 Å². The Kier molecular flexibility index (Phi) is 3.03. The van der Waals surface area contributed by atoms with Gasteiger partial charge in [0.2, 0.25) is 0 Å². The molecule has 0 aliphatic heterocycles. The van der Waals surface area contributed by atoms with Gasteiger partial charge in [0.1, 0.15) is 17.5 Å². The lowest BCUT2D eigenvalue weighted by atomic mass is 10.1. The topological polar surface area (TPSA) is 57.9 Å². The normalized spacial score (nSPS) is 10.0. The second-order valence-electron chi connectivity index (χ2n) is 3.42. The van der Waals surface area contributed by atoms with Crippen LogP contribution in [0.4, 0.5) is 5.69 Å². The van der Waals surface area contributed by atoms with Crippen molar-refractivity contribution in [3.05, 3.63) is 28.9 Å². The van der Waals surface area contributed by atoms with Crippen LogP contribution in [0.2, 0.25) is 5.02 Å². The highest BCUT2D eigenvalue weighted by Crippen LogP contribution is 2.32. The third kappa shape index (κ3) is 1.97. The maximum absolute atomic E-state index is 8.89. The summed E-state index contributed by atoms with van der Waals surface area (Å²) in [5.74, 6) is 0.585. The number of nitriles is 1. The van der Waals surface area contributed by atoms with Gasteiger partial charge in [-0.2, -0.15) is 5.26 Å². The number of pyridine rings is 1. The minimum Gasteiger partial charge on any atom is -0.495 e. The molecule has 0 aliphatic carbocycles. The van der Waals surface area contributed by atoms with Crippen LogP contribution in [0.3, 0.4) is 0 Å². The third-order valence-corrected chi connectivity index (χ3v) is 2.76. The van der Waals surface area contributed by atoms with Crippen molar-refractivity contribution in [1.29, 1.82) is 5.26 Å². The highest BCUT2D eigenvalue weighted by molar-refractivity contribution is 6.33. The minimum absolute atomic E-state index is 0.350. The van der Waals surface area contributed by atoms with Crippen LogP contribution < -0.4 is 10.1 Å². The van der Waals surface area contributed by atoms with E-state index >= 15 is 0 Å². The first kappa shape index (κ1) is 11.5. The molecular formula is C12H10ClN3O. The maximum atomic E-state index is 8.89. The molecule has 1 N–H and O–H groups in total. The molecule has 86 valence electrons. The SMILES string of the molecule is CNc1cc(C#N)nc2cc(Cl)c(OC)cc12. The van der Waals surface area contributed by atoms with E-state index in [4.69, 9.17) is 21.6 Å². The molecule has 0 atom stereocenters. The molecule has 0 aliphatic rings. The predicted molar refractivity (Wildman–Crippen MR) is 67.6 cm³/mol. The molecule has 17 heavy (non-hydrogen) atoms. The molecule has 2 rings (SSSR count). The van der Waals surface area contributed by atoms with E-state index in [1.807, 2.05) is 6.07 Å². The molecule has 0 radical (unpaired) electrons. The van der Waals surface area contributed by atoms with Gasteiger partial charge in [-0.25, -0.2) is 4.98 Å². The Labute approximate surface area is 104 Å². The largest absolute Gasteiger partial charge is 0.495 e. The van der Waals surface area contributed by atoms with Crippen molar-refractivity contribution in [2.45, 2.75) is 0 Å². The summed E-state index contributed by atoms with van der Waals surface area (Å²) in [6.07, 6.45) is 0. The summed E-state index contributed by atoms with van der Waals surface area (Å²) in [7, 11) is 3.35. The van der Waals surface area contributed by atoms with Crippen molar-refractivity contribution in [1.82, 2.24) is 4.98 Å². The van der Waals surface area contributed by atoms with E-state index < -0.39 is 0 Å². The zero-order valence-corrected chi connectivity index (χ0v) is 10.2. The zero-order valence-electron chi connectivity index (χ0n) is 9.41. The lowest BCUT2D eigenvalue weighted by Crippen LogP contribution is -1.95. The summed E-state index contributed by atoms with van der Waals surface area (Å²) in [6.45, 7) is 0. The molecule has 1 heterocycles. The molecule has 0 unspecified atom stereocenters. The van der Waals surface area contributed by atoms with Gasteiger partial charge in [-0.15, -0.1) is 0 Å². The summed E-state index contributed by atoms with van der Waals surface area (Å²) >= 11 is 6.03. The fourth-order valence-electron chi connectivity index (χ4n) is 1.65. The first-order valence-electron chi connectivity index (χ1n) is 4.95. The van der Waals surface area contributed by atoms with Crippen molar-refractivity contribution >= 4 is 28.2 Å². The number of ether oxygens (including phenoxy) is 1. The summed E-state index contributed by atoms with van der Waals surface area (Å²) in [5, 5.41) is 13.3. The Morgan fingerprint density at radius 1 is 1.41 bits per heavy atom. The number of fused-ring (bicyclic) bond motifs is 1. The van der Waals surface area contributed by atoms with Gasteiger partial charge in [0.25, 0.3) is 0 Å². The summed E-state index contributed by atoms with van der Waals surface area (Å²) in [6, 6.07) is 7.20. The first-order valence-corrected chi connectivity index (χ1v) is 5.33. The second kappa shape index (κ2) is 4.48. The Hall–Kier alpha value is -1.99. The number of methoxy groups -OCH3 is 1.